The summed E-state index contributed by atoms with van der Waals surface area (Å²) in [6.45, 7) is 1.82. The summed E-state index contributed by atoms with van der Waals surface area (Å²) in [6.07, 6.45) is -2.99. The molecule has 1 aromatic heterocycles. The summed E-state index contributed by atoms with van der Waals surface area (Å²) >= 11 is 0. The number of imidazole rings is 1. The molecule has 2 heterocycles. The first-order valence-corrected chi connectivity index (χ1v) is 8.92. The number of aromatic nitrogens is 2. The first kappa shape index (κ1) is 18.9. The number of hydrogen-bond donors (Lipinski definition) is 0. The number of alkyl halides is 3. The van der Waals surface area contributed by atoms with Crippen molar-refractivity contribution in [2.75, 3.05) is 19.7 Å². The van der Waals surface area contributed by atoms with Gasteiger partial charge in [-0.15, -0.1) is 0 Å². The van der Waals surface area contributed by atoms with Crippen LogP contribution >= 0.6 is 0 Å². The van der Waals surface area contributed by atoms with Crippen molar-refractivity contribution in [3.63, 3.8) is 0 Å². The lowest BCUT2D eigenvalue weighted by molar-refractivity contribution is -0.137. The van der Waals surface area contributed by atoms with Gasteiger partial charge in [0.15, 0.2) is 0 Å². The second-order valence-corrected chi connectivity index (χ2v) is 7.00. The van der Waals surface area contributed by atoms with Gasteiger partial charge in [-0.1, -0.05) is 12.1 Å². The van der Waals surface area contributed by atoms with E-state index in [-0.39, 0.29) is 18.2 Å². The van der Waals surface area contributed by atoms with Crippen LogP contribution in [0.4, 0.5) is 17.6 Å². The average Bonchev–Trinajstić information content (AvgIpc) is 3.03. The summed E-state index contributed by atoms with van der Waals surface area (Å²) in [5.74, 6) is -0.839. The van der Waals surface area contributed by atoms with Gasteiger partial charge in [0.1, 0.15) is 5.82 Å². The van der Waals surface area contributed by atoms with Gasteiger partial charge in [-0.05, 0) is 29.8 Å². The Morgan fingerprint density at radius 3 is 2.75 bits per heavy atom. The van der Waals surface area contributed by atoms with Crippen molar-refractivity contribution < 1.29 is 22.3 Å². The highest BCUT2D eigenvalue weighted by Gasteiger charge is 2.31. The van der Waals surface area contributed by atoms with Crippen LogP contribution in [0.3, 0.4) is 0 Å². The molecule has 1 aliphatic rings. The number of hydrogen-bond acceptors (Lipinski definition) is 3. The van der Waals surface area contributed by atoms with Gasteiger partial charge in [0, 0.05) is 32.2 Å². The van der Waals surface area contributed by atoms with E-state index in [0.717, 1.165) is 22.7 Å². The molecule has 148 valence electrons. The smallest absolute Gasteiger partial charge is 0.371 e. The van der Waals surface area contributed by atoms with Crippen LogP contribution in [0, 0.1) is 5.82 Å². The van der Waals surface area contributed by atoms with Gasteiger partial charge in [-0.25, -0.2) is 9.37 Å². The summed E-state index contributed by atoms with van der Waals surface area (Å²) in [4.78, 5) is 6.29. The van der Waals surface area contributed by atoms with Crippen LogP contribution < -0.4 is 0 Å². The number of fused-ring (bicyclic) bond motifs is 1. The Kier molecular flexibility index (Phi) is 4.84. The third-order valence-electron chi connectivity index (χ3n) is 5.05. The predicted octanol–water partition coefficient (Wildman–Crippen LogP) is 4.30. The zero-order valence-electron chi connectivity index (χ0n) is 15.2. The number of ether oxygens (including phenoxy) is 1. The minimum atomic E-state index is -4.55. The molecule has 0 amide bonds. The molecule has 1 atom stereocenters. The highest BCUT2D eigenvalue weighted by atomic mass is 19.4. The molecule has 0 saturated carbocycles. The van der Waals surface area contributed by atoms with Crippen molar-refractivity contribution in [3.8, 4) is 0 Å². The molecule has 4 rings (SSSR count). The second kappa shape index (κ2) is 7.18. The summed E-state index contributed by atoms with van der Waals surface area (Å²) < 4.78 is 60.1. The van der Waals surface area contributed by atoms with E-state index in [1.165, 1.54) is 6.07 Å². The number of benzene rings is 2. The lowest BCUT2D eigenvalue weighted by Crippen LogP contribution is -2.38. The summed E-state index contributed by atoms with van der Waals surface area (Å²) in [5.41, 5.74) is 2.15. The summed E-state index contributed by atoms with van der Waals surface area (Å²) in [6, 6.07) is 8.61. The first-order chi connectivity index (χ1) is 13.3. The van der Waals surface area contributed by atoms with Gasteiger partial charge in [-0.2, -0.15) is 13.2 Å². The van der Waals surface area contributed by atoms with E-state index in [9.17, 15) is 17.6 Å². The standard InChI is InChI=1S/C20H19F4N3O/c1-26-12-25-17-5-3-13(8-18(17)26)19-11-27(6-7-28-19)10-14-2-4-15(9-16(14)21)20(22,23)24/h2-5,8-9,12,19H,6-7,10-11H2,1H3/t19-/m0/s1. The molecule has 0 aliphatic carbocycles. The summed E-state index contributed by atoms with van der Waals surface area (Å²) in [5, 5.41) is 0. The van der Waals surface area contributed by atoms with Crippen LogP contribution in [0.15, 0.2) is 42.7 Å². The number of halogens is 4. The molecule has 1 fully saturated rings. The fourth-order valence-corrected chi connectivity index (χ4v) is 3.48. The van der Waals surface area contributed by atoms with Crippen LogP contribution in [0.1, 0.15) is 22.8 Å². The Hall–Kier alpha value is -2.45. The molecule has 2 aromatic carbocycles. The molecule has 4 nitrogen and oxygen atoms in total. The molecule has 8 heteroatoms. The third kappa shape index (κ3) is 3.74. The molecule has 0 bridgehead atoms. The highest BCUT2D eigenvalue weighted by Crippen LogP contribution is 2.31. The second-order valence-electron chi connectivity index (χ2n) is 7.00. The molecule has 28 heavy (non-hydrogen) atoms. The van der Waals surface area contributed by atoms with E-state index >= 15 is 0 Å². The zero-order valence-corrected chi connectivity index (χ0v) is 15.2. The van der Waals surface area contributed by atoms with E-state index in [4.69, 9.17) is 4.74 Å². The molecule has 0 radical (unpaired) electrons. The predicted molar refractivity (Wildman–Crippen MR) is 96.1 cm³/mol. The first-order valence-electron chi connectivity index (χ1n) is 8.92. The maximum atomic E-state index is 14.2. The monoisotopic (exact) mass is 393 g/mol. The number of nitrogens with zero attached hydrogens (tertiary/aromatic N) is 3. The van der Waals surface area contributed by atoms with Crippen molar-refractivity contribution in [3.05, 3.63) is 65.2 Å². The molecule has 0 spiro atoms. The zero-order chi connectivity index (χ0) is 19.9. The van der Waals surface area contributed by atoms with E-state index in [1.807, 2.05) is 34.7 Å². The van der Waals surface area contributed by atoms with E-state index in [2.05, 4.69) is 4.98 Å². The Morgan fingerprint density at radius 1 is 1.18 bits per heavy atom. The fraction of sp³-hybridized carbons (Fsp3) is 0.350. The lowest BCUT2D eigenvalue weighted by Gasteiger charge is -2.33. The molecular formula is C20H19F4N3O. The Bertz CT molecular complexity index is 999. The Balaban J connectivity index is 1.50. The third-order valence-corrected chi connectivity index (χ3v) is 5.05. The van der Waals surface area contributed by atoms with Crippen molar-refractivity contribution >= 4 is 11.0 Å². The molecule has 3 aromatic rings. The maximum absolute atomic E-state index is 14.2. The normalized spacial score (nSPS) is 18.7. The topological polar surface area (TPSA) is 30.3 Å². The minimum Gasteiger partial charge on any atom is -0.371 e. The highest BCUT2D eigenvalue weighted by molar-refractivity contribution is 5.76. The quantitative estimate of drug-likeness (QED) is 0.622. The number of morpholine rings is 1. The number of rotatable bonds is 3. The lowest BCUT2D eigenvalue weighted by atomic mass is 10.1. The largest absolute Gasteiger partial charge is 0.416 e. The van der Waals surface area contributed by atoms with E-state index < -0.39 is 17.6 Å². The van der Waals surface area contributed by atoms with Gasteiger partial charge < -0.3 is 9.30 Å². The fourth-order valence-electron chi connectivity index (χ4n) is 3.48. The van der Waals surface area contributed by atoms with Crippen LogP contribution in [-0.2, 0) is 24.5 Å². The van der Waals surface area contributed by atoms with Crippen molar-refractivity contribution in [1.29, 1.82) is 0 Å². The van der Waals surface area contributed by atoms with Crippen molar-refractivity contribution in [2.24, 2.45) is 7.05 Å². The van der Waals surface area contributed by atoms with Crippen molar-refractivity contribution in [2.45, 2.75) is 18.8 Å². The van der Waals surface area contributed by atoms with Crippen LogP contribution in [0.25, 0.3) is 11.0 Å². The average molecular weight is 393 g/mol. The van der Waals surface area contributed by atoms with Gasteiger partial charge in [0.2, 0.25) is 0 Å². The Morgan fingerprint density at radius 2 is 2.00 bits per heavy atom. The maximum Gasteiger partial charge on any atom is 0.416 e. The Labute approximate surface area is 159 Å². The molecule has 1 aliphatic heterocycles. The van der Waals surface area contributed by atoms with E-state index in [1.54, 1.807) is 6.33 Å². The minimum absolute atomic E-state index is 0.189. The SMILES string of the molecule is Cn1cnc2ccc([C@@H]3CN(Cc4ccc(C(F)(F)F)cc4F)CCO3)cc21. The molecular weight excluding hydrogens is 374 g/mol. The van der Waals surface area contributed by atoms with Crippen LogP contribution in [0.2, 0.25) is 0 Å². The van der Waals surface area contributed by atoms with Gasteiger partial charge >= 0.3 is 6.18 Å². The number of aryl methyl sites for hydroxylation is 1. The molecule has 0 unspecified atom stereocenters. The molecule has 0 N–H and O–H groups in total. The van der Waals surface area contributed by atoms with Crippen molar-refractivity contribution in [1.82, 2.24) is 14.5 Å². The van der Waals surface area contributed by atoms with Gasteiger partial charge in [0.25, 0.3) is 0 Å². The molecule has 1 saturated heterocycles. The van der Waals surface area contributed by atoms with Crippen LogP contribution in [-0.4, -0.2) is 34.1 Å². The van der Waals surface area contributed by atoms with Gasteiger partial charge in [-0.3, -0.25) is 4.90 Å². The van der Waals surface area contributed by atoms with Gasteiger partial charge in [0.05, 0.1) is 35.6 Å². The van der Waals surface area contributed by atoms with Crippen LogP contribution in [0.5, 0.6) is 0 Å². The van der Waals surface area contributed by atoms with E-state index in [0.29, 0.717) is 25.8 Å². The summed E-state index contributed by atoms with van der Waals surface area (Å²) in [7, 11) is 1.92.